The van der Waals surface area contributed by atoms with Gasteiger partial charge in [0.05, 0.1) is 5.69 Å². The second-order valence-corrected chi connectivity index (χ2v) is 6.83. The van der Waals surface area contributed by atoms with Crippen molar-refractivity contribution in [1.29, 1.82) is 0 Å². The lowest BCUT2D eigenvalue weighted by Gasteiger charge is -2.09. The van der Waals surface area contributed by atoms with E-state index in [2.05, 4.69) is 26.0 Å². The minimum absolute atomic E-state index is 0.000779. The highest BCUT2D eigenvalue weighted by Gasteiger charge is 2.17. The van der Waals surface area contributed by atoms with Crippen LogP contribution in [0.2, 0.25) is 0 Å². The van der Waals surface area contributed by atoms with Crippen LogP contribution in [0.25, 0.3) is 0 Å². The zero-order valence-electron chi connectivity index (χ0n) is 11.1. The maximum Gasteiger partial charge on any atom is 0.242 e. The van der Waals surface area contributed by atoms with Crippen LogP contribution in [0.5, 0.6) is 0 Å². The summed E-state index contributed by atoms with van der Waals surface area (Å²) in [5.74, 6) is -0.184. The predicted octanol–water partition coefficient (Wildman–Crippen LogP) is 1.23. The molecule has 8 heteroatoms. The second-order valence-electron chi connectivity index (χ2n) is 4.18. The molecule has 20 heavy (non-hydrogen) atoms. The van der Waals surface area contributed by atoms with Crippen LogP contribution in [-0.4, -0.2) is 27.4 Å². The van der Waals surface area contributed by atoms with Gasteiger partial charge in [0.25, 0.3) is 0 Å². The van der Waals surface area contributed by atoms with Crippen LogP contribution < -0.4 is 15.8 Å². The largest absolute Gasteiger partial charge is 0.398 e. The molecule has 4 N–H and O–H groups in total. The lowest BCUT2D eigenvalue weighted by molar-refractivity contribution is -0.120. The van der Waals surface area contributed by atoms with E-state index in [-0.39, 0.29) is 29.5 Å². The lowest BCUT2D eigenvalue weighted by Crippen LogP contribution is -2.31. The zero-order chi connectivity index (χ0) is 15.2. The van der Waals surface area contributed by atoms with E-state index in [1.807, 2.05) is 6.92 Å². The Labute approximate surface area is 127 Å². The standard InChI is InChI=1S/C12H18BrN3O3S/c1-2-6-15-12(17)5-7-16-20(18,19)11-8-9(13)3-4-10(11)14/h3-4,8,16H,2,5-7,14H2,1H3,(H,15,17). The molecular weight excluding hydrogens is 346 g/mol. The zero-order valence-corrected chi connectivity index (χ0v) is 13.6. The molecule has 0 heterocycles. The van der Waals surface area contributed by atoms with Gasteiger partial charge in [0.1, 0.15) is 4.90 Å². The number of amides is 1. The van der Waals surface area contributed by atoms with Crippen molar-refractivity contribution in [2.75, 3.05) is 18.8 Å². The SMILES string of the molecule is CCCNC(=O)CCNS(=O)(=O)c1cc(Br)ccc1N. The van der Waals surface area contributed by atoms with E-state index in [9.17, 15) is 13.2 Å². The van der Waals surface area contributed by atoms with E-state index in [1.165, 1.54) is 12.1 Å². The van der Waals surface area contributed by atoms with Gasteiger partial charge in [0.15, 0.2) is 0 Å². The Bertz CT molecular complexity index is 575. The van der Waals surface area contributed by atoms with Gasteiger partial charge in [-0.05, 0) is 24.6 Å². The summed E-state index contributed by atoms with van der Waals surface area (Å²) in [4.78, 5) is 11.4. The number of carbonyl (C=O) groups excluding carboxylic acids is 1. The first kappa shape index (κ1) is 16.9. The number of anilines is 1. The topological polar surface area (TPSA) is 101 Å². The van der Waals surface area contributed by atoms with E-state index in [4.69, 9.17) is 5.73 Å². The molecule has 1 amide bonds. The molecule has 0 aliphatic rings. The Kier molecular flexibility index (Phi) is 6.44. The summed E-state index contributed by atoms with van der Waals surface area (Å²) in [6.45, 7) is 2.56. The van der Waals surface area contributed by atoms with Gasteiger partial charge in [0, 0.05) is 24.0 Å². The molecule has 0 unspecified atom stereocenters. The highest BCUT2D eigenvalue weighted by molar-refractivity contribution is 9.10. The molecule has 1 aromatic carbocycles. The molecule has 0 bridgehead atoms. The number of hydrogen-bond acceptors (Lipinski definition) is 4. The highest BCUT2D eigenvalue weighted by Crippen LogP contribution is 2.22. The van der Waals surface area contributed by atoms with Crippen LogP contribution in [-0.2, 0) is 14.8 Å². The normalized spacial score (nSPS) is 11.3. The summed E-state index contributed by atoms with van der Waals surface area (Å²) >= 11 is 3.20. The van der Waals surface area contributed by atoms with Crippen molar-refractivity contribution in [3.63, 3.8) is 0 Å². The first-order chi connectivity index (χ1) is 9.36. The van der Waals surface area contributed by atoms with Gasteiger partial charge in [-0.3, -0.25) is 4.79 Å². The first-order valence-corrected chi connectivity index (χ1v) is 8.46. The van der Waals surface area contributed by atoms with Gasteiger partial charge in [0.2, 0.25) is 15.9 Å². The van der Waals surface area contributed by atoms with Crippen LogP contribution >= 0.6 is 15.9 Å². The van der Waals surface area contributed by atoms with Crippen molar-refractivity contribution in [2.24, 2.45) is 0 Å². The number of halogens is 1. The fourth-order valence-electron chi connectivity index (χ4n) is 1.47. The van der Waals surface area contributed by atoms with Crippen molar-refractivity contribution in [1.82, 2.24) is 10.0 Å². The molecule has 6 nitrogen and oxygen atoms in total. The molecule has 0 aliphatic carbocycles. The van der Waals surface area contributed by atoms with Crippen molar-refractivity contribution in [2.45, 2.75) is 24.7 Å². The van der Waals surface area contributed by atoms with Gasteiger partial charge in [-0.15, -0.1) is 0 Å². The molecule has 112 valence electrons. The first-order valence-electron chi connectivity index (χ1n) is 6.18. The Hall–Kier alpha value is -1.12. The molecule has 0 saturated heterocycles. The average molecular weight is 364 g/mol. The van der Waals surface area contributed by atoms with Crippen molar-refractivity contribution < 1.29 is 13.2 Å². The molecule has 0 radical (unpaired) electrons. The van der Waals surface area contributed by atoms with Crippen molar-refractivity contribution >= 4 is 37.5 Å². The molecule has 1 aromatic rings. The molecular formula is C12H18BrN3O3S. The number of sulfonamides is 1. The number of carbonyl (C=O) groups is 1. The quantitative estimate of drug-likeness (QED) is 0.634. The van der Waals surface area contributed by atoms with E-state index in [1.54, 1.807) is 6.07 Å². The maximum absolute atomic E-state index is 12.1. The molecule has 0 saturated carbocycles. The molecule has 0 fully saturated rings. The smallest absolute Gasteiger partial charge is 0.242 e. The van der Waals surface area contributed by atoms with E-state index >= 15 is 0 Å². The number of benzene rings is 1. The Morgan fingerprint density at radius 3 is 2.70 bits per heavy atom. The second kappa shape index (κ2) is 7.61. The van der Waals surface area contributed by atoms with Crippen molar-refractivity contribution in [3.05, 3.63) is 22.7 Å². The van der Waals surface area contributed by atoms with E-state index in [0.29, 0.717) is 11.0 Å². The minimum atomic E-state index is -3.71. The van der Waals surface area contributed by atoms with E-state index < -0.39 is 10.0 Å². The Balaban J connectivity index is 2.62. The third-order valence-corrected chi connectivity index (χ3v) is 4.49. The van der Waals surface area contributed by atoms with Crippen LogP contribution in [0.1, 0.15) is 19.8 Å². The van der Waals surface area contributed by atoms with E-state index in [0.717, 1.165) is 6.42 Å². The molecule has 0 aliphatic heterocycles. The summed E-state index contributed by atoms with van der Waals surface area (Å²) in [7, 11) is -3.71. The summed E-state index contributed by atoms with van der Waals surface area (Å²) in [6, 6.07) is 4.59. The molecule has 1 rings (SSSR count). The predicted molar refractivity (Wildman–Crippen MR) is 81.7 cm³/mol. The lowest BCUT2D eigenvalue weighted by atomic mass is 10.3. The van der Waals surface area contributed by atoms with Crippen LogP contribution in [0.15, 0.2) is 27.6 Å². The number of nitrogens with one attached hydrogen (secondary N) is 2. The average Bonchev–Trinajstić information content (AvgIpc) is 2.38. The van der Waals surface area contributed by atoms with Crippen LogP contribution in [0, 0.1) is 0 Å². The summed E-state index contributed by atoms with van der Waals surface area (Å²) in [6.07, 6.45) is 0.930. The number of nitrogen functional groups attached to an aromatic ring is 1. The van der Waals surface area contributed by atoms with Crippen LogP contribution in [0.3, 0.4) is 0 Å². The fourth-order valence-corrected chi connectivity index (χ4v) is 3.17. The summed E-state index contributed by atoms with van der Waals surface area (Å²) < 4.78 is 27.1. The third kappa shape index (κ3) is 5.10. The monoisotopic (exact) mass is 363 g/mol. The van der Waals surface area contributed by atoms with Gasteiger partial charge >= 0.3 is 0 Å². The Morgan fingerprint density at radius 1 is 1.35 bits per heavy atom. The molecule has 0 spiro atoms. The van der Waals surface area contributed by atoms with Crippen LogP contribution in [0.4, 0.5) is 5.69 Å². The molecule has 0 aromatic heterocycles. The maximum atomic E-state index is 12.1. The number of nitrogens with two attached hydrogens (primary N) is 1. The summed E-state index contributed by atoms with van der Waals surface area (Å²) in [5.41, 5.74) is 5.82. The highest BCUT2D eigenvalue weighted by atomic mass is 79.9. The number of rotatable bonds is 7. The van der Waals surface area contributed by atoms with Gasteiger partial charge < -0.3 is 11.1 Å². The molecule has 0 atom stereocenters. The minimum Gasteiger partial charge on any atom is -0.398 e. The summed E-state index contributed by atoms with van der Waals surface area (Å²) in [5, 5.41) is 2.67. The number of hydrogen-bond donors (Lipinski definition) is 3. The van der Waals surface area contributed by atoms with Gasteiger partial charge in [-0.25, -0.2) is 13.1 Å². The van der Waals surface area contributed by atoms with Gasteiger partial charge in [-0.2, -0.15) is 0 Å². The third-order valence-electron chi connectivity index (χ3n) is 2.48. The van der Waals surface area contributed by atoms with Crippen molar-refractivity contribution in [3.8, 4) is 0 Å². The fraction of sp³-hybridized carbons (Fsp3) is 0.417. The van der Waals surface area contributed by atoms with Gasteiger partial charge in [-0.1, -0.05) is 22.9 Å². The Morgan fingerprint density at radius 2 is 2.05 bits per heavy atom.